The molecule has 0 aliphatic heterocycles. The van der Waals surface area contributed by atoms with E-state index in [1.165, 1.54) is 16.4 Å². The summed E-state index contributed by atoms with van der Waals surface area (Å²) in [6.07, 6.45) is 0. The summed E-state index contributed by atoms with van der Waals surface area (Å²) in [6, 6.07) is 13.3. The number of rotatable bonds is 0. The van der Waals surface area contributed by atoms with Gasteiger partial charge in [-0.2, -0.15) is 0 Å². The zero-order valence-electron chi connectivity index (χ0n) is 7.46. The normalized spacial score (nSPS) is 10.7. The first-order valence-electron chi connectivity index (χ1n) is 4.24. The van der Waals surface area contributed by atoms with Crippen LogP contribution in [-0.2, 0) is 0 Å². The molecule has 0 spiro atoms. The molecule has 0 radical (unpaired) electrons. The second-order valence-corrected chi connectivity index (χ2v) is 5.40. The molecule has 12 heavy (non-hydrogen) atoms. The number of hydrogen-bond acceptors (Lipinski definition) is 0. The Labute approximate surface area is 107 Å². The van der Waals surface area contributed by atoms with Crippen molar-refractivity contribution in [2.75, 3.05) is 0 Å². The molecule has 0 fully saturated rings. The minimum absolute atomic E-state index is 1.15. The molecule has 48 valence electrons. The fraction of sp³-hybridized carbons (Fsp3) is 0. The van der Waals surface area contributed by atoms with Crippen LogP contribution in [0.5, 0.6) is 0 Å². The van der Waals surface area contributed by atoms with Gasteiger partial charge in [0.05, 0.1) is 0 Å². The van der Waals surface area contributed by atoms with Crippen LogP contribution in [0.2, 0.25) is 0 Å². The van der Waals surface area contributed by atoms with Crippen molar-refractivity contribution in [1.29, 1.82) is 0 Å². The summed E-state index contributed by atoms with van der Waals surface area (Å²) in [5, 5.41) is 2.94. The average Bonchev–Trinajstić information content (AvgIpc) is 2.07. The van der Waals surface area contributed by atoms with Gasteiger partial charge in [-0.3, -0.25) is 0 Å². The Bertz CT molecular complexity index is 380. The summed E-state index contributed by atoms with van der Waals surface area (Å²) in [4.78, 5) is 0. The summed E-state index contributed by atoms with van der Waals surface area (Å²) in [6.45, 7) is 0. The standard InChI is InChI=1S/C10H6.2Na/c1-2-6-10-8-4-3-7-9(10)5-1;;/h1-5,8H;;. The third-order valence-corrected chi connectivity index (χ3v) is 4.10. The SMILES string of the molecule is [Na][c]1cccc2[c]([Na])cccc12. The molecule has 2 heteroatoms. The predicted molar refractivity (Wildman–Crippen MR) is 54.7 cm³/mol. The monoisotopic (exact) mass is 172 g/mol. The average molecular weight is 172 g/mol. The molecular formula is C10H6Na2. The van der Waals surface area contributed by atoms with Gasteiger partial charge in [-0.25, -0.2) is 0 Å². The molecule has 0 heterocycles. The molecule has 0 saturated carbocycles. The third-order valence-electron chi connectivity index (χ3n) is 2.36. The van der Waals surface area contributed by atoms with Crippen molar-refractivity contribution < 1.29 is 0 Å². The second kappa shape index (κ2) is 3.83. The van der Waals surface area contributed by atoms with Crippen LogP contribution in [0.3, 0.4) is 0 Å². The molecule has 0 amide bonds. The van der Waals surface area contributed by atoms with Crippen LogP contribution in [0.4, 0.5) is 0 Å². The first-order valence-corrected chi connectivity index (χ1v) is 6.24. The second-order valence-electron chi connectivity index (χ2n) is 3.24. The van der Waals surface area contributed by atoms with E-state index in [4.69, 9.17) is 0 Å². The summed E-state index contributed by atoms with van der Waals surface area (Å²) >= 11 is 2.30. The van der Waals surface area contributed by atoms with E-state index < -0.39 is 0 Å². The van der Waals surface area contributed by atoms with Gasteiger partial charge in [-0.15, -0.1) is 0 Å². The first kappa shape index (κ1) is 9.26. The number of fused-ring (bicyclic) bond motifs is 1. The molecule has 0 atom stereocenters. The number of hydrogen-bond donors (Lipinski definition) is 0. The van der Waals surface area contributed by atoms with Crippen LogP contribution in [0.15, 0.2) is 36.4 Å². The van der Waals surface area contributed by atoms with E-state index in [0.29, 0.717) is 0 Å². The van der Waals surface area contributed by atoms with E-state index in [2.05, 4.69) is 36.4 Å². The Morgan fingerprint density at radius 1 is 0.667 bits per heavy atom. The van der Waals surface area contributed by atoms with Crippen LogP contribution >= 0.6 is 0 Å². The Kier molecular flexibility index (Phi) is 2.96. The Hall–Kier alpha value is 0.700. The molecular weight excluding hydrogens is 166 g/mol. The van der Waals surface area contributed by atoms with Crippen molar-refractivity contribution in [3.8, 4) is 0 Å². The van der Waals surface area contributed by atoms with Crippen LogP contribution in [0.1, 0.15) is 0 Å². The topological polar surface area (TPSA) is 0 Å². The Balaban J connectivity index is 2.94. The van der Waals surface area contributed by atoms with Crippen molar-refractivity contribution in [3.05, 3.63) is 36.4 Å². The van der Waals surface area contributed by atoms with Crippen LogP contribution in [-0.4, -0.2) is 55.9 Å². The number of benzene rings is 2. The summed E-state index contributed by atoms with van der Waals surface area (Å²) in [5.74, 6) is 0. The van der Waals surface area contributed by atoms with Gasteiger partial charge >= 0.3 is 109 Å². The molecule has 0 bridgehead atoms. The van der Waals surface area contributed by atoms with Crippen molar-refractivity contribution in [2.45, 2.75) is 0 Å². The first-order chi connectivity index (χ1) is 5.79. The van der Waals surface area contributed by atoms with Crippen molar-refractivity contribution in [2.24, 2.45) is 0 Å². The Morgan fingerprint density at radius 3 is 1.50 bits per heavy atom. The predicted octanol–water partition coefficient (Wildman–Crippen LogP) is 0.427. The van der Waals surface area contributed by atoms with E-state index >= 15 is 0 Å². The van der Waals surface area contributed by atoms with E-state index in [9.17, 15) is 0 Å². The van der Waals surface area contributed by atoms with E-state index in [-0.39, 0.29) is 0 Å². The molecule has 0 saturated heterocycles. The third kappa shape index (κ3) is 1.65. The van der Waals surface area contributed by atoms with Gasteiger partial charge in [0.1, 0.15) is 0 Å². The van der Waals surface area contributed by atoms with Gasteiger partial charge in [0, 0.05) is 0 Å². The molecule has 2 aromatic rings. The zero-order chi connectivity index (χ0) is 8.55. The van der Waals surface area contributed by atoms with Crippen LogP contribution in [0, 0.1) is 0 Å². The van der Waals surface area contributed by atoms with Gasteiger partial charge in [-0.1, -0.05) is 0 Å². The molecule has 0 unspecified atom stereocenters. The van der Waals surface area contributed by atoms with Gasteiger partial charge < -0.3 is 0 Å². The van der Waals surface area contributed by atoms with Crippen molar-refractivity contribution in [1.82, 2.24) is 0 Å². The molecule has 0 aliphatic rings. The summed E-state index contributed by atoms with van der Waals surface area (Å²) < 4.78 is 3.04. The fourth-order valence-corrected chi connectivity index (χ4v) is 2.88. The van der Waals surface area contributed by atoms with E-state index in [1.54, 1.807) is 0 Å². The van der Waals surface area contributed by atoms with Gasteiger partial charge in [-0.05, 0) is 0 Å². The van der Waals surface area contributed by atoms with Gasteiger partial charge in [0.25, 0.3) is 0 Å². The van der Waals surface area contributed by atoms with Crippen LogP contribution < -0.4 is 5.63 Å². The summed E-state index contributed by atoms with van der Waals surface area (Å²) in [5.41, 5.74) is 0. The molecule has 2 rings (SSSR count). The van der Waals surface area contributed by atoms with E-state index in [1.807, 2.05) is 0 Å². The van der Waals surface area contributed by atoms with Crippen molar-refractivity contribution >= 4 is 72.3 Å². The van der Waals surface area contributed by atoms with Gasteiger partial charge in [0.2, 0.25) is 0 Å². The van der Waals surface area contributed by atoms with Crippen molar-refractivity contribution in [3.63, 3.8) is 0 Å². The molecule has 2 aromatic carbocycles. The minimum atomic E-state index is 1.15. The van der Waals surface area contributed by atoms with Gasteiger partial charge in [0.15, 0.2) is 0 Å². The zero-order valence-corrected chi connectivity index (χ0v) is 11.5. The summed E-state index contributed by atoms with van der Waals surface area (Å²) in [7, 11) is 0. The molecule has 0 nitrogen and oxygen atoms in total. The van der Waals surface area contributed by atoms with Crippen LogP contribution in [0.25, 0.3) is 10.8 Å². The maximum atomic E-state index is 2.24. The molecule has 0 N–H and O–H groups in total. The van der Waals surface area contributed by atoms with E-state index in [0.717, 1.165) is 55.9 Å². The Morgan fingerprint density at radius 2 is 1.08 bits per heavy atom. The fourth-order valence-electron chi connectivity index (χ4n) is 1.62. The maximum absolute atomic E-state index is 2.24. The quantitative estimate of drug-likeness (QED) is 0.505. The molecule has 0 aromatic heterocycles. The molecule has 0 aliphatic carbocycles.